The molecule has 0 bridgehead atoms. The largest absolute Gasteiger partial charge is 0.497 e. The smallest absolute Gasteiger partial charge is 0.323 e. The molecule has 0 radical (unpaired) electrons. The van der Waals surface area contributed by atoms with E-state index in [2.05, 4.69) is 25.6 Å². The number of ether oxygens (including phenoxy) is 2. The van der Waals surface area contributed by atoms with E-state index in [-0.39, 0.29) is 0 Å². The van der Waals surface area contributed by atoms with Gasteiger partial charge in [0.25, 0.3) is 0 Å². The number of rotatable bonds is 5. The van der Waals surface area contributed by atoms with Crippen LogP contribution in [0.15, 0.2) is 67.1 Å². The van der Waals surface area contributed by atoms with E-state index in [9.17, 15) is 4.79 Å². The van der Waals surface area contributed by atoms with E-state index in [4.69, 9.17) is 9.47 Å². The molecule has 8 nitrogen and oxygen atoms in total. The average molecular weight is 401 g/mol. The zero-order chi connectivity index (χ0) is 20.9. The molecule has 0 saturated carbocycles. The number of methoxy groups -OCH3 is 2. The van der Waals surface area contributed by atoms with Gasteiger partial charge in [-0.3, -0.25) is 9.97 Å². The zero-order valence-corrected chi connectivity index (χ0v) is 16.4. The molecule has 2 aromatic heterocycles. The van der Waals surface area contributed by atoms with Crippen molar-refractivity contribution >= 4 is 28.4 Å². The number of urea groups is 1. The Morgan fingerprint density at radius 3 is 2.47 bits per heavy atom. The molecule has 0 aliphatic heterocycles. The number of anilines is 2. The maximum absolute atomic E-state index is 12.5. The fourth-order valence-electron chi connectivity index (χ4n) is 2.91. The summed E-state index contributed by atoms with van der Waals surface area (Å²) in [6.07, 6.45) is 4.82. The summed E-state index contributed by atoms with van der Waals surface area (Å²) in [6.45, 7) is 0. The number of nitrogens with one attached hydrogen (secondary N) is 2. The van der Waals surface area contributed by atoms with Gasteiger partial charge in [0.2, 0.25) is 0 Å². The van der Waals surface area contributed by atoms with Gasteiger partial charge < -0.3 is 20.1 Å². The summed E-state index contributed by atoms with van der Waals surface area (Å²) in [7, 11) is 3.19. The van der Waals surface area contributed by atoms with Crippen LogP contribution in [-0.4, -0.2) is 35.2 Å². The van der Waals surface area contributed by atoms with Crippen LogP contribution in [0.4, 0.5) is 16.2 Å². The number of amides is 2. The van der Waals surface area contributed by atoms with Gasteiger partial charge in [0.1, 0.15) is 22.5 Å². The summed E-state index contributed by atoms with van der Waals surface area (Å²) in [4.78, 5) is 25.8. The first-order chi connectivity index (χ1) is 14.7. The average Bonchev–Trinajstić information content (AvgIpc) is 2.79. The molecular weight excluding hydrogens is 382 g/mol. The molecule has 2 heterocycles. The summed E-state index contributed by atoms with van der Waals surface area (Å²) in [5.74, 6) is 1.41. The molecule has 0 aliphatic rings. The normalized spacial score (nSPS) is 10.5. The van der Waals surface area contributed by atoms with Crippen molar-refractivity contribution in [3.05, 3.63) is 67.1 Å². The lowest BCUT2D eigenvalue weighted by molar-refractivity contribution is 0.262. The number of benzene rings is 2. The number of hydrogen-bond acceptors (Lipinski definition) is 6. The van der Waals surface area contributed by atoms with Gasteiger partial charge in [0.05, 0.1) is 44.2 Å². The highest BCUT2D eigenvalue weighted by Gasteiger charge is 2.11. The van der Waals surface area contributed by atoms with E-state index < -0.39 is 6.03 Å². The second-order valence-corrected chi connectivity index (χ2v) is 6.35. The molecule has 0 unspecified atom stereocenters. The number of nitrogens with zero attached hydrogens (tertiary/aromatic N) is 3. The fourth-order valence-corrected chi connectivity index (χ4v) is 2.91. The van der Waals surface area contributed by atoms with Crippen molar-refractivity contribution in [2.75, 3.05) is 24.9 Å². The standard InChI is InChI=1S/C22H19N5O3/c1-29-16-8-6-14(7-9-16)18-13-24-19-11-23-12-20(21(19)26-18)27-22(28)25-15-4-3-5-17(10-15)30-2/h3-13H,1-2H3,(H2,25,27,28). The van der Waals surface area contributed by atoms with Crippen LogP contribution in [-0.2, 0) is 0 Å². The molecule has 8 heteroatoms. The molecule has 0 saturated heterocycles. The Morgan fingerprint density at radius 1 is 0.900 bits per heavy atom. The lowest BCUT2D eigenvalue weighted by atomic mass is 10.1. The monoisotopic (exact) mass is 401 g/mol. The van der Waals surface area contributed by atoms with Gasteiger partial charge in [-0.2, -0.15) is 0 Å². The van der Waals surface area contributed by atoms with E-state index in [0.29, 0.717) is 33.9 Å². The molecule has 0 aliphatic carbocycles. The summed E-state index contributed by atoms with van der Waals surface area (Å²) < 4.78 is 10.4. The number of aromatic nitrogens is 3. The van der Waals surface area contributed by atoms with Crippen LogP contribution in [0.25, 0.3) is 22.3 Å². The molecule has 0 atom stereocenters. The topological polar surface area (TPSA) is 98.3 Å². The van der Waals surface area contributed by atoms with Crippen molar-refractivity contribution in [2.24, 2.45) is 0 Å². The van der Waals surface area contributed by atoms with E-state index in [0.717, 1.165) is 11.3 Å². The number of fused-ring (bicyclic) bond motifs is 1. The molecule has 4 rings (SSSR count). The minimum atomic E-state index is -0.422. The van der Waals surface area contributed by atoms with Crippen molar-refractivity contribution in [1.29, 1.82) is 0 Å². The summed E-state index contributed by atoms with van der Waals surface area (Å²) in [5, 5.41) is 5.56. The molecule has 4 aromatic rings. The van der Waals surface area contributed by atoms with Gasteiger partial charge in [0.15, 0.2) is 0 Å². The van der Waals surface area contributed by atoms with Crippen LogP contribution in [0.1, 0.15) is 0 Å². The molecule has 2 amide bonds. The molecule has 0 spiro atoms. The first-order valence-electron chi connectivity index (χ1n) is 9.13. The number of carbonyl (C=O) groups excluding carboxylic acids is 1. The van der Waals surface area contributed by atoms with Crippen LogP contribution < -0.4 is 20.1 Å². The third kappa shape index (κ3) is 4.12. The van der Waals surface area contributed by atoms with E-state index >= 15 is 0 Å². The lowest BCUT2D eigenvalue weighted by Gasteiger charge is -2.11. The van der Waals surface area contributed by atoms with Crippen molar-refractivity contribution < 1.29 is 14.3 Å². The van der Waals surface area contributed by atoms with Crippen LogP contribution in [0.3, 0.4) is 0 Å². The first-order valence-corrected chi connectivity index (χ1v) is 9.13. The number of hydrogen-bond donors (Lipinski definition) is 2. The van der Waals surface area contributed by atoms with Gasteiger partial charge in [-0.1, -0.05) is 6.07 Å². The third-order valence-corrected chi connectivity index (χ3v) is 4.42. The van der Waals surface area contributed by atoms with E-state index in [1.165, 1.54) is 0 Å². The Kier molecular flexibility index (Phi) is 5.38. The van der Waals surface area contributed by atoms with Crippen molar-refractivity contribution in [1.82, 2.24) is 15.0 Å². The maximum Gasteiger partial charge on any atom is 0.323 e. The highest BCUT2D eigenvalue weighted by Crippen LogP contribution is 2.25. The fraction of sp³-hybridized carbons (Fsp3) is 0.0909. The van der Waals surface area contributed by atoms with Crippen molar-refractivity contribution in [2.45, 2.75) is 0 Å². The molecule has 0 fully saturated rings. The first kappa shape index (κ1) is 19.1. The van der Waals surface area contributed by atoms with Crippen molar-refractivity contribution in [3.8, 4) is 22.8 Å². The van der Waals surface area contributed by atoms with Crippen LogP contribution in [0.2, 0.25) is 0 Å². The van der Waals surface area contributed by atoms with E-state index in [1.807, 2.05) is 24.3 Å². The van der Waals surface area contributed by atoms with Crippen LogP contribution in [0.5, 0.6) is 11.5 Å². The van der Waals surface area contributed by atoms with Gasteiger partial charge >= 0.3 is 6.03 Å². The Hall–Kier alpha value is -4.20. The lowest BCUT2D eigenvalue weighted by Crippen LogP contribution is -2.20. The number of pyridine rings is 1. The van der Waals surface area contributed by atoms with Gasteiger partial charge in [-0.15, -0.1) is 0 Å². The second kappa shape index (κ2) is 8.44. The Balaban J connectivity index is 1.60. The number of carbonyl (C=O) groups is 1. The van der Waals surface area contributed by atoms with Crippen molar-refractivity contribution in [3.63, 3.8) is 0 Å². The predicted molar refractivity (Wildman–Crippen MR) is 115 cm³/mol. The highest BCUT2D eigenvalue weighted by atomic mass is 16.5. The van der Waals surface area contributed by atoms with Crippen LogP contribution in [0, 0.1) is 0 Å². The molecule has 30 heavy (non-hydrogen) atoms. The van der Waals surface area contributed by atoms with Crippen LogP contribution >= 0.6 is 0 Å². The summed E-state index contributed by atoms with van der Waals surface area (Å²) >= 11 is 0. The van der Waals surface area contributed by atoms with E-state index in [1.54, 1.807) is 57.1 Å². The quantitative estimate of drug-likeness (QED) is 0.516. The highest BCUT2D eigenvalue weighted by molar-refractivity contribution is 6.04. The Bertz CT molecular complexity index is 1190. The Morgan fingerprint density at radius 2 is 1.70 bits per heavy atom. The maximum atomic E-state index is 12.5. The molecular formula is C22H19N5O3. The summed E-state index contributed by atoms with van der Waals surface area (Å²) in [5.41, 5.74) is 3.73. The van der Waals surface area contributed by atoms with Gasteiger partial charge in [-0.25, -0.2) is 9.78 Å². The Labute approximate surface area is 172 Å². The molecule has 2 aromatic carbocycles. The second-order valence-electron chi connectivity index (χ2n) is 6.35. The van der Waals surface area contributed by atoms with Gasteiger partial charge in [-0.05, 0) is 36.4 Å². The zero-order valence-electron chi connectivity index (χ0n) is 16.4. The molecule has 150 valence electrons. The SMILES string of the molecule is COc1ccc(-c2cnc3cncc(NC(=O)Nc4cccc(OC)c4)c3n2)cc1. The van der Waals surface area contributed by atoms with Gasteiger partial charge in [0, 0.05) is 17.3 Å². The third-order valence-electron chi connectivity index (χ3n) is 4.42. The minimum Gasteiger partial charge on any atom is -0.497 e. The predicted octanol–water partition coefficient (Wildman–Crippen LogP) is 4.35. The summed E-state index contributed by atoms with van der Waals surface area (Å²) in [6, 6.07) is 14.2. The molecule has 2 N–H and O–H groups in total. The minimum absolute atomic E-state index is 0.422.